The molecule has 1 amide bonds. The van der Waals surface area contributed by atoms with Crippen LogP contribution in [0.4, 0.5) is 0 Å². The first-order chi connectivity index (χ1) is 10.7. The number of nitrogens with one attached hydrogen (secondary N) is 1. The third-order valence-electron chi connectivity index (χ3n) is 4.75. The number of amides is 1. The van der Waals surface area contributed by atoms with E-state index in [-0.39, 0.29) is 11.8 Å². The molecule has 2 aromatic rings. The second-order valence-electron chi connectivity index (χ2n) is 6.19. The summed E-state index contributed by atoms with van der Waals surface area (Å²) in [6, 6.07) is 10.7. The fourth-order valence-corrected chi connectivity index (χ4v) is 3.54. The molecule has 3 nitrogen and oxygen atoms in total. The summed E-state index contributed by atoms with van der Waals surface area (Å²) in [5.41, 5.74) is 11.6. The number of rotatable bonds is 3. The highest BCUT2D eigenvalue weighted by Crippen LogP contribution is 2.33. The van der Waals surface area contributed by atoms with E-state index in [1.165, 1.54) is 29.5 Å². The second-order valence-corrected chi connectivity index (χ2v) is 6.19. The normalized spacial score (nSPS) is 18.3. The van der Waals surface area contributed by atoms with Crippen molar-refractivity contribution in [2.45, 2.75) is 51.4 Å². The van der Waals surface area contributed by atoms with Crippen LogP contribution in [0.15, 0.2) is 30.3 Å². The molecule has 3 rings (SSSR count). The number of benzene rings is 1. The van der Waals surface area contributed by atoms with Crippen LogP contribution in [-0.4, -0.2) is 10.9 Å². The van der Waals surface area contributed by atoms with Crippen LogP contribution in [0.3, 0.4) is 0 Å². The number of hydrogen-bond acceptors (Lipinski definition) is 1. The lowest BCUT2D eigenvalue weighted by atomic mass is 9.89. The zero-order chi connectivity index (χ0) is 15.5. The molecule has 1 aromatic heterocycles. The Morgan fingerprint density at radius 2 is 2.09 bits per heavy atom. The lowest BCUT2D eigenvalue weighted by Crippen LogP contribution is -2.23. The van der Waals surface area contributed by atoms with E-state index in [9.17, 15) is 4.79 Å². The van der Waals surface area contributed by atoms with Crippen molar-refractivity contribution in [2.75, 3.05) is 0 Å². The zero-order valence-electron chi connectivity index (χ0n) is 13.2. The van der Waals surface area contributed by atoms with Crippen LogP contribution in [0.25, 0.3) is 11.3 Å². The number of aryl methyl sites for hydroxylation is 2. The monoisotopic (exact) mass is 296 g/mol. The van der Waals surface area contributed by atoms with Crippen molar-refractivity contribution in [1.29, 1.82) is 0 Å². The first-order valence-electron chi connectivity index (χ1n) is 8.30. The van der Waals surface area contributed by atoms with Gasteiger partial charge in [0.15, 0.2) is 0 Å². The number of carbonyl (C=O) groups is 1. The molecule has 1 aliphatic carbocycles. The summed E-state index contributed by atoms with van der Waals surface area (Å²) < 4.78 is 0. The Bertz CT molecular complexity index is 672. The number of fused-ring (bicyclic) bond motifs is 1. The summed E-state index contributed by atoms with van der Waals surface area (Å²) in [6.45, 7) is 2.17. The predicted octanol–water partition coefficient (Wildman–Crippen LogP) is 3.93. The van der Waals surface area contributed by atoms with Crippen molar-refractivity contribution in [3.05, 3.63) is 47.2 Å². The van der Waals surface area contributed by atoms with Gasteiger partial charge in [0.1, 0.15) is 0 Å². The quantitative estimate of drug-likeness (QED) is 0.885. The summed E-state index contributed by atoms with van der Waals surface area (Å²) in [5, 5.41) is 0. The number of hydrogen-bond donors (Lipinski definition) is 2. The third-order valence-corrected chi connectivity index (χ3v) is 4.75. The summed E-state index contributed by atoms with van der Waals surface area (Å²) in [6.07, 6.45) is 6.33. The van der Waals surface area contributed by atoms with Crippen molar-refractivity contribution >= 4 is 5.91 Å². The number of nitrogens with two attached hydrogens (primary N) is 1. The van der Waals surface area contributed by atoms with E-state index in [2.05, 4.69) is 42.2 Å². The van der Waals surface area contributed by atoms with Crippen molar-refractivity contribution in [3.63, 3.8) is 0 Å². The highest BCUT2D eigenvalue weighted by atomic mass is 16.1. The summed E-state index contributed by atoms with van der Waals surface area (Å²) in [5.74, 6) is -0.377. The molecule has 3 heteroatoms. The van der Waals surface area contributed by atoms with E-state index in [0.717, 1.165) is 37.1 Å². The predicted molar refractivity (Wildman–Crippen MR) is 89.7 cm³/mol. The minimum Gasteiger partial charge on any atom is -0.369 e. The van der Waals surface area contributed by atoms with E-state index in [0.29, 0.717) is 0 Å². The molecule has 0 aliphatic heterocycles. The van der Waals surface area contributed by atoms with Crippen molar-refractivity contribution in [3.8, 4) is 11.3 Å². The molecule has 1 aliphatic rings. The van der Waals surface area contributed by atoms with Crippen LogP contribution in [0.5, 0.6) is 0 Å². The molecule has 0 spiro atoms. The number of aromatic nitrogens is 1. The maximum Gasteiger partial charge on any atom is 0.226 e. The van der Waals surface area contributed by atoms with E-state index in [4.69, 9.17) is 5.73 Å². The van der Waals surface area contributed by atoms with Crippen LogP contribution in [0.1, 0.15) is 55.3 Å². The first-order valence-corrected chi connectivity index (χ1v) is 8.30. The number of H-pyrrole nitrogens is 1. The Kier molecular flexibility index (Phi) is 4.32. The molecule has 1 heterocycles. The van der Waals surface area contributed by atoms with Gasteiger partial charge < -0.3 is 10.7 Å². The molecule has 0 saturated heterocycles. The van der Waals surface area contributed by atoms with E-state index < -0.39 is 0 Å². The highest BCUT2D eigenvalue weighted by Gasteiger charge is 2.25. The maximum absolute atomic E-state index is 11.9. The van der Waals surface area contributed by atoms with Gasteiger partial charge in [-0.25, -0.2) is 0 Å². The van der Waals surface area contributed by atoms with Gasteiger partial charge in [0, 0.05) is 17.0 Å². The maximum atomic E-state index is 11.9. The molecule has 3 N–H and O–H groups in total. The smallest absolute Gasteiger partial charge is 0.226 e. The minimum atomic E-state index is -0.208. The number of primary amides is 1. The molecule has 22 heavy (non-hydrogen) atoms. The lowest BCUT2D eigenvalue weighted by molar-refractivity contribution is -0.119. The fourth-order valence-electron chi connectivity index (χ4n) is 3.54. The summed E-state index contributed by atoms with van der Waals surface area (Å²) in [7, 11) is 0. The number of carbonyl (C=O) groups excluding carboxylic acids is 1. The molecule has 1 atom stereocenters. The molecular weight excluding hydrogens is 272 g/mol. The topological polar surface area (TPSA) is 58.9 Å². The summed E-state index contributed by atoms with van der Waals surface area (Å²) >= 11 is 0. The van der Waals surface area contributed by atoms with Crippen LogP contribution < -0.4 is 5.73 Å². The van der Waals surface area contributed by atoms with Crippen LogP contribution in [0.2, 0.25) is 0 Å². The Morgan fingerprint density at radius 3 is 2.86 bits per heavy atom. The molecule has 1 unspecified atom stereocenters. The van der Waals surface area contributed by atoms with E-state index in [1.807, 2.05) is 0 Å². The average molecular weight is 296 g/mol. The zero-order valence-corrected chi connectivity index (χ0v) is 13.2. The average Bonchev–Trinajstić information content (AvgIpc) is 2.90. The Balaban J connectivity index is 2.07. The molecular formula is C19H24N2O. The van der Waals surface area contributed by atoms with Gasteiger partial charge in [0.05, 0.1) is 5.92 Å². The SMILES string of the molecule is CCc1ccccc1-c1cc2c([nH]1)C(C(N)=O)CCCCC2. The van der Waals surface area contributed by atoms with Gasteiger partial charge in [-0.05, 0) is 42.9 Å². The molecule has 0 saturated carbocycles. The number of aromatic amines is 1. The Morgan fingerprint density at radius 1 is 1.27 bits per heavy atom. The van der Waals surface area contributed by atoms with Crippen LogP contribution in [-0.2, 0) is 17.6 Å². The van der Waals surface area contributed by atoms with Crippen molar-refractivity contribution in [1.82, 2.24) is 4.98 Å². The van der Waals surface area contributed by atoms with Crippen molar-refractivity contribution < 1.29 is 4.79 Å². The Labute approximate surface area is 131 Å². The van der Waals surface area contributed by atoms with Gasteiger partial charge in [-0.3, -0.25) is 4.79 Å². The molecule has 0 bridgehead atoms. The molecule has 116 valence electrons. The molecule has 1 aromatic carbocycles. The highest BCUT2D eigenvalue weighted by molar-refractivity contribution is 5.82. The molecule has 0 radical (unpaired) electrons. The van der Waals surface area contributed by atoms with Crippen LogP contribution in [0, 0.1) is 0 Å². The van der Waals surface area contributed by atoms with Gasteiger partial charge in [0.25, 0.3) is 0 Å². The van der Waals surface area contributed by atoms with Crippen molar-refractivity contribution in [2.24, 2.45) is 5.73 Å². The molecule has 0 fully saturated rings. The largest absolute Gasteiger partial charge is 0.369 e. The van der Waals surface area contributed by atoms with Gasteiger partial charge in [-0.1, -0.05) is 44.0 Å². The van der Waals surface area contributed by atoms with Crippen LogP contribution >= 0.6 is 0 Å². The first kappa shape index (κ1) is 14.9. The van der Waals surface area contributed by atoms with Gasteiger partial charge >= 0.3 is 0 Å². The standard InChI is InChI=1S/C19H24N2O/c1-2-13-8-6-7-10-15(13)17-12-14-9-4-3-5-11-16(19(20)22)18(14)21-17/h6-8,10,12,16,21H,2-5,9,11H2,1H3,(H2,20,22). The minimum absolute atomic E-state index is 0.169. The van der Waals surface area contributed by atoms with Gasteiger partial charge in [-0.2, -0.15) is 0 Å². The third kappa shape index (κ3) is 2.80. The Hall–Kier alpha value is -2.03. The lowest BCUT2D eigenvalue weighted by Gasteiger charge is -2.17. The summed E-state index contributed by atoms with van der Waals surface area (Å²) in [4.78, 5) is 15.4. The fraction of sp³-hybridized carbons (Fsp3) is 0.421. The van der Waals surface area contributed by atoms with Gasteiger partial charge in [0.2, 0.25) is 5.91 Å². The van der Waals surface area contributed by atoms with E-state index in [1.54, 1.807) is 0 Å². The van der Waals surface area contributed by atoms with Gasteiger partial charge in [-0.15, -0.1) is 0 Å². The van der Waals surface area contributed by atoms with E-state index >= 15 is 0 Å². The second kappa shape index (κ2) is 6.39.